The minimum atomic E-state index is 0.198. The first kappa shape index (κ1) is 14.9. The van der Waals surface area contributed by atoms with E-state index in [1.807, 2.05) is 49.4 Å². The van der Waals surface area contributed by atoms with E-state index in [-0.39, 0.29) is 6.04 Å². The standard InChI is InChI=1S/C15H20ClN3O/c1-17-14(6-4-11-9-18-19(2)10-11)13-8-12(16)5-7-15(13)20-3/h5,7-10,14,17H,4,6H2,1-3H3. The van der Waals surface area contributed by atoms with Crippen LogP contribution in [0.5, 0.6) is 5.75 Å². The molecule has 2 aromatic rings. The summed E-state index contributed by atoms with van der Waals surface area (Å²) >= 11 is 6.10. The van der Waals surface area contributed by atoms with Gasteiger partial charge in [0.25, 0.3) is 0 Å². The maximum atomic E-state index is 6.10. The van der Waals surface area contributed by atoms with Crippen LogP contribution in [0.4, 0.5) is 0 Å². The van der Waals surface area contributed by atoms with Crippen molar-refractivity contribution in [1.29, 1.82) is 0 Å². The van der Waals surface area contributed by atoms with Crippen molar-refractivity contribution in [3.8, 4) is 5.75 Å². The lowest BCUT2D eigenvalue weighted by molar-refractivity contribution is 0.399. The lowest BCUT2D eigenvalue weighted by Crippen LogP contribution is -2.18. The number of methoxy groups -OCH3 is 1. The molecule has 1 N–H and O–H groups in total. The van der Waals surface area contributed by atoms with Gasteiger partial charge in [-0.15, -0.1) is 0 Å². The lowest BCUT2D eigenvalue weighted by Gasteiger charge is -2.19. The number of nitrogens with zero attached hydrogens (tertiary/aromatic N) is 2. The Morgan fingerprint density at radius 2 is 2.25 bits per heavy atom. The summed E-state index contributed by atoms with van der Waals surface area (Å²) in [5, 5.41) is 8.25. The second-order valence-corrected chi connectivity index (χ2v) is 5.22. The highest BCUT2D eigenvalue weighted by atomic mass is 35.5. The molecule has 0 amide bonds. The first-order chi connectivity index (χ1) is 9.63. The Labute approximate surface area is 124 Å². The van der Waals surface area contributed by atoms with Gasteiger partial charge in [0.15, 0.2) is 0 Å². The molecule has 5 heteroatoms. The van der Waals surface area contributed by atoms with Crippen molar-refractivity contribution in [2.45, 2.75) is 18.9 Å². The number of benzene rings is 1. The van der Waals surface area contributed by atoms with Crippen LogP contribution in [0.1, 0.15) is 23.6 Å². The van der Waals surface area contributed by atoms with Gasteiger partial charge in [0.05, 0.1) is 13.3 Å². The van der Waals surface area contributed by atoms with E-state index in [0.29, 0.717) is 0 Å². The number of rotatable bonds is 6. The maximum absolute atomic E-state index is 6.10. The largest absolute Gasteiger partial charge is 0.496 e. The van der Waals surface area contributed by atoms with Gasteiger partial charge >= 0.3 is 0 Å². The van der Waals surface area contributed by atoms with Gasteiger partial charge < -0.3 is 10.1 Å². The van der Waals surface area contributed by atoms with Crippen LogP contribution in [-0.2, 0) is 13.5 Å². The van der Waals surface area contributed by atoms with Crippen LogP contribution in [0.2, 0.25) is 5.02 Å². The Hall–Kier alpha value is -1.52. The van der Waals surface area contributed by atoms with Gasteiger partial charge in [-0.25, -0.2) is 0 Å². The summed E-state index contributed by atoms with van der Waals surface area (Å²) in [6.07, 6.45) is 5.86. The quantitative estimate of drug-likeness (QED) is 0.890. The number of hydrogen-bond donors (Lipinski definition) is 1. The average Bonchev–Trinajstić information content (AvgIpc) is 2.85. The van der Waals surface area contributed by atoms with Crippen molar-refractivity contribution < 1.29 is 4.74 Å². The fourth-order valence-corrected chi connectivity index (χ4v) is 2.53. The van der Waals surface area contributed by atoms with E-state index in [2.05, 4.69) is 10.4 Å². The zero-order chi connectivity index (χ0) is 14.5. The summed E-state index contributed by atoms with van der Waals surface area (Å²) in [7, 11) is 5.56. The van der Waals surface area contributed by atoms with E-state index >= 15 is 0 Å². The van der Waals surface area contributed by atoms with E-state index in [4.69, 9.17) is 16.3 Å². The second kappa shape index (κ2) is 6.77. The van der Waals surface area contributed by atoms with Crippen LogP contribution in [0.15, 0.2) is 30.6 Å². The number of hydrogen-bond acceptors (Lipinski definition) is 3. The van der Waals surface area contributed by atoms with Gasteiger partial charge in [-0.05, 0) is 43.7 Å². The molecule has 1 heterocycles. The molecule has 0 saturated carbocycles. The number of ether oxygens (including phenoxy) is 1. The highest BCUT2D eigenvalue weighted by Gasteiger charge is 2.15. The Bertz CT molecular complexity index is 568. The fraction of sp³-hybridized carbons (Fsp3) is 0.400. The molecule has 108 valence electrons. The lowest BCUT2D eigenvalue weighted by atomic mass is 9.99. The molecule has 1 atom stereocenters. The van der Waals surface area contributed by atoms with E-state index in [0.717, 1.165) is 29.2 Å². The molecule has 1 aromatic heterocycles. The molecule has 0 spiro atoms. The molecule has 1 aromatic carbocycles. The van der Waals surface area contributed by atoms with Gasteiger partial charge in [-0.3, -0.25) is 4.68 Å². The topological polar surface area (TPSA) is 39.1 Å². The number of nitrogens with one attached hydrogen (secondary N) is 1. The molecular weight excluding hydrogens is 274 g/mol. The van der Waals surface area contributed by atoms with Crippen LogP contribution in [-0.4, -0.2) is 23.9 Å². The molecule has 0 radical (unpaired) electrons. The number of halogens is 1. The third kappa shape index (κ3) is 3.52. The van der Waals surface area contributed by atoms with E-state index in [1.165, 1.54) is 5.56 Å². The molecule has 0 aliphatic rings. The predicted octanol–water partition coefficient (Wildman–Crippen LogP) is 2.98. The van der Waals surface area contributed by atoms with Crippen molar-refractivity contribution in [2.75, 3.05) is 14.2 Å². The van der Waals surface area contributed by atoms with Crippen molar-refractivity contribution in [2.24, 2.45) is 7.05 Å². The van der Waals surface area contributed by atoms with Crippen molar-refractivity contribution >= 4 is 11.6 Å². The maximum Gasteiger partial charge on any atom is 0.123 e. The summed E-state index contributed by atoms with van der Waals surface area (Å²) in [5.74, 6) is 0.861. The van der Waals surface area contributed by atoms with Crippen LogP contribution >= 0.6 is 11.6 Å². The minimum absolute atomic E-state index is 0.198. The minimum Gasteiger partial charge on any atom is -0.496 e. The van der Waals surface area contributed by atoms with Gasteiger partial charge in [0.2, 0.25) is 0 Å². The zero-order valence-corrected chi connectivity index (χ0v) is 12.8. The van der Waals surface area contributed by atoms with E-state index < -0.39 is 0 Å². The molecule has 0 aliphatic carbocycles. The first-order valence-electron chi connectivity index (χ1n) is 6.62. The SMILES string of the molecule is CNC(CCc1cnn(C)c1)c1cc(Cl)ccc1OC. The average molecular weight is 294 g/mol. The summed E-state index contributed by atoms with van der Waals surface area (Å²) in [6, 6.07) is 5.91. The third-order valence-electron chi connectivity index (χ3n) is 3.40. The second-order valence-electron chi connectivity index (χ2n) is 4.79. The first-order valence-corrected chi connectivity index (χ1v) is 7.00. The van der Waals surface area contributed by atoms with Gasteiger partial charge in [0, 0.05) is 29.9 Å². The van der Waals surface area contributed by atoms with Crippen LogP contribution in [0.3, 0.4) is 0 Å². The highest BCUT2D eigenvalue weighted by molar-refractivity contribution is 6.30. The molecule has 20 heavy (non-hydrogen) atoms. The zero-order valence-electron chi connectivity index (χ0n) is 12.1. The molecule has 4 nitrogen and oxygen atoms in total. The van der Waals surface area contributed by atoms with Gasteiger partial charge in [-0.2, -0.15) is 5.10 Å². The summed E-state index contributed by atoms with van der Waals surface area (Å²) in [4.78, 5) is 0. The van der Waals surface area contributed by atoms with Crippen molar-refractivity contribution in [3.63, 3.8) is 0 Å². The Balaban J connectivity index is 2.13. The Morgan fingerprint density at radius 3 is 2.85 bits per heavy atom. The predicted molar refractivity (Wildman–Crippen MR) is 81.3 cm³/mol. The van der Waals surface area contributed by atoms with E-state index in [9.17, 15) is 0 Å². The molecule has 0 aliphatic heterocycles. The van der Waals surface area contributed by atoms with Gasteiger partial charge in [-0.1, -0.05) is 11.6 Å². The van der Waals surface area contributed by atoms with Crippen LogP contribution < -0.4 is 10.1 Å². The van der Waals surface area contributed by atoms with E-state index in [1.54, 1.807) is 7.11 Å². The van der Waals surface area contributed by atoms with Crippen LogP contribution in [0, 0.1) is 0 Å². The Morgan fingerprint density at radius 1 is 1.45 bits per heavy atom. The van der Waals surface area contributed by atoms with Crippen LogP contribution in [0.25, 0.3) is 0 Å². The normalized spacial score (nSPS) is 12.4. The molecular formula is C15H20ClN3O. The summed E-state index contributed by atoms with van der Waals surface area (Å²) < 4.78 is 7.25. The smallest absolute Gasteiger partial charge is 0.123 e. The third-order valence-corrected chi connectivity index (χ3v) is 3.63. The monoisotopic (exact) mass is 293 g/mol. The highest BCUT2D eigenvalue weighted by Crippen LogP contribution is 2.30. The number of aryl methyl sites for hydroxylation is 2. The number of aromatic nitrogens is 2. The molecule has 0 saturated heterocycles. The molecule has 0 fully saturated rings. The molecule has 0 bridgehead atoms. The Kier molecular flexibility index (Phi) is 5.04. The summed E-state index contributed by atoms with van der Waals surface area (Å²) in [5.41, 5.74) is 2.32. The summed E-state index contributed by atoms with van der Waals surface area (Å²) in [6.45, 7) is 0. The van der Waals surface area contributed by atoms with Gasteiger partial charge in [0.1, 0.15) is 5.75 Å². The molecule has 1 unspecified atom stereocenters. The molecule has 2 rings (SSSR count). The van der Waals surface area contributed by atoms with Crippen molar-refractivity contribution in [1.82, 2.24) is 15.1 Å². The fourth-order valence-electron chi connectivity index (χ4n) is 2.34. The van der Waals surface area contributed by atoms with Crippen molar-refractivity contribution in [3.05, 3.63) is 46.7 Å².